The molecule has 31 heavy (non-hydrogen) atoms. The molecule has 3 rings (SSSR count). The molecular weight excluding hydrogens is 396 g/mol. The van der Waals surface area contributed by atoms with Gasteiger partial charge in [-0.25, -0.2) is 0 Å². The molecule has 1 aliphatic rings. The minimum atomic E-state index is -0.676. The third-order valence-electron chi connectivity index (χ3n) is 5.21. The van der Waals surface area contributed by atoms with Crippen molar-refractivity contribution in [3.05, 3.63) is 69.1 Å². The third kappa shape index (κ3) is 5.48. The number of ketones is 1. The molecule has 1 unspecified atom stereocenters. The summed E-state index contributed by atoms with van der Waals surface area (Å²) in [6.45, 7) is 7.43. The lowest BCUT2D eigenvalue weighted by Gasteiger charge is -2.29. The summed E-state index contributed by atoms with van der Waals surface area (Å²) < 4.78 is 5.22. The number of H-pyrrole nitrogens is 1. The average Bonchev–Trinajstić information content (AvgIpc) is 2.66. The van der Waals surface area contributed by atoms with Crippen LogP contribution < -0.4 is 10.9 Å². The molecule has 1 aliphatic carbocycles. The van der Waals surface area contributed by atoms with Gasteiger partial charge in [-0.05, 0) is 37.3 Å². The fraction of sp³-hybridized carbons (Fsp3) is 0.417. The Labute approximate surface area is 181 Å². The molecule has 1 aromatic heterocycles. The van der Waals surface area contributed by atoms with Crippen LogP contribution in [-0.2, 0) is 16.0 Å². The Morgan fingerprint density at radius 3 is 2.45 bits per heavy atom. The van der Waals surface area contributed by atoms with Crippen LogP contribution >= 0.6 is 0 Å². The van der Waals surface area contributed by atoms with E-state index in [9.17, 15) is 19.2 Å². The van der Waals surface area contributed by atoms with Crippen molar-refractivity contribution in [3.8, 4) is 0 Å². The Morgan fingerprint density at radius 1 is 1.13 bits per heavy atom. The number of hydrogen-bond acceptors (Lipinski definition) is 5. The Kier molecular flexibility index (Phi) is 6.43. The van der Waals surface area contributed by atoms with Crippen LogP contribution in [-0.4, -0.2) is 28.7 Å². The number of carbonyl (C=O) groups is 3. The molecule has 0 saturated carbocycles. The minimum Gasteiger partial charge on any atom is -0.463 e. The molecule has 1 amide bonds. The number of aromatic amines is 1. The Balaban J connectivity index is 1.88. The van der Waals surface area contributed by atoms with Crippen molar-refractivity contribution in [2.24, 2.45) is 5.41 Å². The summed E-state index contributed by atoms with van der Waals surface area (Å²) in [5, 5.41) is 2.76. The van der Waals surface area contributed by atoms with Crippen LogP contribution in [0.1, 0.15) is 78.6 Å². The van der Waals surface area contributed by atoms with Gasteiger partial charge in [0.2, 0.25) is 0 Å². The monoisotopic (exact) mass is 424 g/mol. The van der Waals surface area contributed by atoms with Crippen LogP contribution in [0.3, 0.4) is 0 Å². The van der Waals surface area contributed by atoms with E-state index in [0.717, 1.165) is 0 Å². The molecule has 7 heteroatoms. The third-order valence-corrected chi connectivity index (χ3v) is 5.21. The number of benzene rings is 1. The standard InChI is InChI=1S/C24H28N2O5/c1-14(2)31-21(28)11-18(15-8-6-5-7-9-15)25-22(29)17-10-16-19(26-23(17)30)12-24(3,4)13-20(16)27/h5-10,14,18H,11-13H2,1-4H3,(H,25,29)(H,26,30). The number of nitrogens with one attached hydrogen (secondary N) is 2. The number of aromatic nitrogens is 1. The van der Waals surface area contributed by atoms with Gasteiger partial charge < -0.3 is 15.0 Å². The lowest BCUT2D eigenvalue weighted by Crippen LogP contribution is -2.36. The molecular formula is C24H28N2O5. The second kappa shape index (κ2) is 8.88. The first-order valence-electron chi connectivity index (χ1n) is 10.4. The van der Waals surface area contributed by atoms with Crippen molar-refractivity contribution in [1.29, 1.82) is 0 Å². The number of pyridine rings is 1. The summed E-state index contributed by atoms with van der Waals surface area (Å²) in [5.74, 6) is -1.20. The quantitative estimate of drug-likeness (QED) is 0.692. The zero-order valence-electron chi connectivity index (χ0n) is 18.3. The molecule has 1 heterocycles. The van der Waals surface area contributed by atoms with Crippen LogP contribution in [0.4, 0.5) is 0 Å². The highest BCUT2D eigenvalue weighted by Crippen LogP contribution is 2.33. The number of ether oxygens (including phenoxy) is 1. The number of rotatable bonds is 6. The van der Waals surface area contributed by atoms with Crippen LogP contribution in [0, 0.1) is 5.41 Å². The number of carbonyl (C=O) groups excluding carboxylic acids is 3. The summed E-state index contributed by atoms with van der Waals surface area (Å²) in [5.41, 5.74) is 0.695. The highest BCUT2D eigenvalue weighted by Gasteiger charge is 2.33. The van der Waals surface area contributed by atoms with Crippen molar-refractivity contribution in [2.75, 3.05) is 0 Å². The van der Waals surface area contributed by atoms with Gasteiger partial charge in [0.05, 0.1) is 18.6 Å². The van der Waals surface area contributed by atoms with Gasteiger partial charge in [-0.3, -0.25) is 19.2 Å². The number of amides is 1. The largest absolute Gasteiger partial charge is 0.463 e. The fourth-order valence-electron chi connectivity index (χ4n) is 3.85. The molecule has 0 bridgehead atoms. The number of fused-ring (bicyclic) bond motifs is 1. The summed E-state index contributed by atoms with van der Waals surface area (Å²) in [7, 11) is 0. The van der Waals surface area contributed by atoms with Gasteiger partial charge in [0.25, 0.3) is 11.5 Å². The van der Waals surface area contributed by atoms with E-state index >= 15 is 0 Å². The van der Waals surface area contributed by atoms with Crippen molar-refractivity contribution in [3.63, 3.8) is 0 Å². The van der Waals surface area contributed by atoms with E-state index in [1.165, 1.54) is 6.07 Å². The molecule has 0 spiro atoms. The van der Waals surface area contributed by atoms with Gasteiger partial charge in [-0.1, -0.05) is 44.2 Å². The fourth-order valence-corrected chi connectivity index (χ4v) is 3.85. The molecule has 0 radical (unpaired) electrons. The summed E-state index contributed by atoms with van der Waals surface area (Å²) in [4.78, 5) is 53.1. The average molecular weight is 424 g/mol. The van der Waals surface area contributed by atoms with Gasteiger partial charge >= 0.3 is 5.97 Å². The smallest absolute Gasteiger partial charge is 0.308 e. The highest BCUT2D eigenvalue weighted by molar-refractivity contribution is 6.02. The van der Waals surface area contributed by atoms with E-state index in [1.807, 2.05) is 19.9 Å². The molecule has 0 aliphatic heterocycles. The summed E-state index contributed by atoms with van der Waals surface area (Å²) >= 11 is 0. The SMILES string of the molecule is CC(C)OC(=O)CC(NC(=O)c1cc2c([nH]c1=O)CC(C)(C)CC2=O)c1ccccc1. The van der Waals surface area contributed by atoms with E-state index in [0.29, 0.717) is 29.7 Å². The minimum absolute atomic E-state index is 0.0795. The summed E-state index contributed by atoms with van der Waals surface area (Å²) in [6, 6.07) is 9.70. The lowest BCUT2D eigenvalue weighted by atomic mass is 9.75. The van der Waals surface area contributed by atoms with Gasteiger partial charge in [-0.15, -0.1) is 0 Å². The molecule has 164 valence electrons. The normalized spacial score (nSPS) is 15.8. The van der Waals surface area contributed by atoms with E-state index in [-0.39, 0.29) is 29.3 Å². The van der Waals surface area contributed by atoms with E-state index in [4.69, 9.17) is 4.74 Å². The van der Waals surface area contributed by atoms with E-state index < -0.39 is 23.5 Å². The Morgan fingerprint density at radius 2 is 1.81 bits per heavy atom. The maximum Gasteiger partial charge on any atom is 0.308 e. The van der Waals surface area contributed by atoms with Crippen molar-refractivity contribution in [2.45, 2.75) is 59.1 Å². The molecule has 2 N–H and O–H groups in total. The number of hydrogen-bond donors (Lipinski definition) is 2. The molecule has 0 saturated heterocycles. The predicted molar refractivity (Wildman–Crippen MR) is 116 cm³/mol. The zero-order chi connectivity index (χ0) is 22.8. The van der Waals surface area contributed by atoms with Crippen LogP contribution in [0.5, 0.6) is 0 Å². The second-order valence-corrected chi connectivity index (χ2v) is 9.02. The molecule has 2 aromatic rings. The van der Waals surface area contributed by atoms with Gasteiger partial charge in [0.15, 0.2) is 5.78 Å². The Bertz CT molecular complexity index is 1050. The maximum absolute atomic E-state index is 13.0. The molecule has 0 fully saturated rings. The topological polar surface area (TPSA) is 105 Å². The second-order valence-electron chi connectivity index (χ2n) is 9.02. The lowest BCUT2D eigenvalue weighted by molar-refractivity contribution is -0.147. The van der Waals surface area contributed by atoms with Gasteiger partial charge in [-0.2, -0.15) is 0 Å². The highest BCUT2D eigenvalue weighted by atomic mass is 16.5. The van der Waals surface area contributed by atoms with Crippen LogP contribution in [0.15, 0.2) is 41.2 Å². The zero-order valence-corrected chi connectivity index (χ0v) is 18.3. The van der Waals surface area contributed by atoms with Crippen molar-refractivity contribution >= 4 is 17.7 Å². The van der Waals surface area contributed by atoms with Gasteiger partial charge in [0, 0.05) is 17.7 Å². The van der Waals surface area contributed by atoms with E-state index in [2.05, 4.69) is 10.3 Å². The first kappa shape index (κ1) is 22.5. The van der Waals surface area contributed by atoms with Gasteiger partial charge in [0.1, 0.15) is 5.56 Å². The first-order valence-corrected chi connectivity index (χ1v) is 10.4. The molecule has 1 atom stereocenters. The van der Waals surface area contributed by atoms with Crippen LogP contribution in [0.25, 0.3) is 0 Å². The molecule has 1 aromatic carbocycles. The number of esters is 1. The van der Waals surface area contributed by atoms with E-state index in [1.54, 1.807) is 38.1 Å². The van der Waals surface area contributed by atoms with Crippen molar-refractivity contribution < 1.29 is 19.1 Å². The number of Topliss-reactive ketones (excluding diaryl/α,β-unsaturated/α-hetero) is 1. The van der Waals surface area contributed by atoms with Crippen LogP contribution in [0.2, 0.25) is 0 Å². The summed E-state index contributed by atoms with van der Waals surface area (Å²) in [6.07, 6.45) is 0.544. The Hall–Kier alpha value is -3.22. The maximum atomic E-state index is 13.0. The predicted octanol–water partition coefficient (Wildman–Crippen LogP) is 3.34. The first-order chi connectivity index (χ1) is 14.6. The van der Waals surface area contributed by atoms with Crippen molar-refractivity contribution in [1.82, 2.24) is 10.3 Å². The molecule has 7 nitrogen and oxygen atoms in total.